The molecule has 1 aliphatic carbocycles. The SMILES string of the molecule is CC(C)(C)OC(=O)N1CCN(C2(c3ccc(Br)cc3)CC2)CC1. The summed E-state index contributed by atoms with van der Waals surface area (Å²) in [6, 6.07) is 8.67. The van der Waals surface area contributed by atoms with Crippen LogP contribution in [0.4, 0.5) is 4.79 Å². The molecule has 0 bridgehead atoms. The van der Waals surface area contributed by atoms with Crippen LogP contribution in [0.25, 0.3) is 0 Å². The largest absolute Gasteiger partial charge is 0.444 e. The van der Waals surface area contributed by atoms with Gasteiger partial charge in [0.25, 0.3) is 0 Å². The summed E-state index contributed by atoms with van der Waals surface area (Å²) in [6.45, 7) is 9.04. The molecule has 126 valence electrons. The minimum Gasteiger partial charge on any atom is -0.444 e. The van der Waals surface area contributed by atoms with Crippen molar-refractivity contribution in [2.45, 2.75) is 44.8 Å². The van der Waals surface area contributed by atoms with Gasteiger partial charge in [-0.25, -0.2) is 4.79 Å². The van der Waals surface area contributed by atoms with Gasteiger partial charge in [-0.15, -0.1) is 0 Å². The van der Waals surface area contributed by atoms with Gasteiger partial charge in [0.1, 0.15) is 5.60 Å². The maximum absolute atomic E-state index is 12.2. The van der Waals surface area contributed by atoms with E-state index in [1.54, 1.807) is 0 Å². The van der Waals surface area contributed by atoms with E-state index in [2.05, 4.69) is 45.1 Å². The van der Waals surface area contributed by atoms with Crippen molar-refractivity contribution in [3.63, 3.8) is 0 Å². The number of carbonyl (C=O) groups is 1. The molecular weight excluding hydrogens is 356 g/mol. The average molecular weight is 381 g/mol. The number of amides is 1. The summed E-state index contributed by atoms with van der Waals surface area (Å²) in [5.74, 6) is 0. The van der Waals surface area contributed by atoms with Gasteiger partial charge in [-0.1, -0.05) is 28.1 Å². The van der Waals surface area contributed by atoms with Gasteiger partial charge in [0.15, 0.2) is 0 Å². The molecule has 1 aromatic rings. The Hall–Kier alpha value is -1.07. The van der Waals surface area contributed by atoms with E-state index in [4.69, 9.17) is 4.74 Å². The third-order valence-corrected chi connectivity index (χ3v) is 5.17. The molecule has 0 radical (unpaired) electrons. The standard InChI is InChI=1S/C18H25BrN2O2/c1-17(2,3)23-16(22)20-10-12-21(13-11-20)18(8-9-18)14-4-6-15(19)7-5-14/h4-7H,8-13H2,1-3H3. The molecule has 23 heavy (non-hydrogen) atoms. The van der Waals surface area contributed by atoms with Gasteiger partial charge in [-0.3, -0.25) is 4.90 Å². The maximum Gasteiger partial charge on any atom is 0.410 e. The second kappa shape index (κ2) is 6.10. The first-order valence-electron chi connectivity index (χ1n) is 8.29. The summed E-state index contributed by atoms with van der Waals surface area (Å²) in [5, 5.41) is 0. The molecule has 0 atom stereocenters. The predicted octanol–water partition coefficient (Wildman–Crippen LogP) is 3.99. The van der Waals surface area contributed by atoms with Crippen LogP contribution in [0.3, 0.4) is 0 Å². The summed E-state index contributed by atoms with van der Waals surface area (Å²) in [7, 11) is 0. The zero-order valence-corrected chi connectivity index (χ0v) is 15.7. The summed E-state index contributed by atoms with van der Waals surface area (Å²) >= 11 is 3.50. The van der Waals surface area contributed by atoms with E-state index >= 15 is 0 Å². The van der Waals surface area contributed by atoms with E-state index in [0.29, 0.717) is 0 Å². The van der Waals surface area contributed by atoms with Crippen LogP contribution in [-0.4, -0.2) is 47.7 Å². The zero-order chi connectivity index (χ0) is 16.7. The Morgan fingerprint density at radius 1 is 1.09 bits per heavy atom. The molecule has 0 N–H and O–H groups in total. The molecule has 1 heterocycles. The van der Waals surface area contributed by atoms with Crippen molar-refractivity contribution in [2.75, 3.05) is 26.2 Å². The van der Waals surface area contributed by atoms with Crippen molar-refractivity contribution in [2.24, 2.45) is 0 Å². The molecule has 1 aromatic carbocycles. The van der Waals surface area contributed by atoms with E-state index in [1.807, 2.05) is 25.7 Å². The van der Waals surface area contributed by atoms with Crippen molar-refractivity contribution in [1.82, 2.24) is 9.80 Å². The van der Waals surface area contributed by atoms with E-state index in [9.17, 15) is 4.79 Å². The number of piperazine rings is 1. The normalized spacial score (nSPS) is 21.1. The Morgan fingerprint density at radius 3 is 2.13 bits per heavy atom. The van der Waals surface area contributed by atoms with Gasteiger partial charge >= 0.3 is 6.09 Å². The molecule has 0 spiro atoms. The summed E-state index contributed by atoms with van der Waals surface area (Å²) in [6.07, 6.45) is 2.23. The Labute approximate surface area is 146 Å². The molecule has 5 heteroatoms. The van der Waals surface area contributed by atoms with E-state index in [0.717, 1.165) is 30.7 Å². The third-order valence-electron chi connectivity index (χ3n) is 4.64. The first-order chi connectivity index (χ1) is 10.8. The van der Waals surface area contributed by atoms with Crippen LogP contribution in [0, 0.1) is 0 Å². The summed E-state index contributed by atoms with van der Waals surface area (Å²) in [4.78, 5) is 16.5. The molecule has 3 rings (SSSR count). The van der Waals surface area contributed by atoms with Crippen molar-refractivity contribution in [1.29, 1.82) is 0 Å². The summed E-state index contributed by atoms with van der Waals surface area (Å²) < 4.78 is 6.59. The molecule has 2 fully saturated rings. The van der Waals surface area contributed by atoms with Gasteiger partial charge in [-0.05, 0) is 51.3 Å². The van der Waals surface area contributed by atoms with Crippen LogP contribution in [0.2, 0.25) is 0 Å². The number of rotatable bonds is 2. The number of hydrogen-bond acceptors (Lipinski definition) is 3. The van der Waals surface area contributed by atoms with Crippen molar-refractivity contribution < 1.29 is 9.53 Å². The third kappa shape index (κ3) is 3.72. The number of nitrogens with zero attached hydrogens (tertiary/aromatic N) is 2. The lowest BCUT2D eigenvalue weighted by atomic mass is 10.0. The minimum absolute atomic E-state index is 0.189. The van der Waals surface area contributed by atoms with E-state index < -0.39 is 5.60 Å². The molecule has 0 aromatic heterocycles. The van der Waals surface area contributed by atoms with Gasteiger partial charge in [0, 0.05) is 36.2 Å². The summed E-state index contributed by atoms with van der Waals surface area (Å²) in [5.41, 5.74) is 1.16. The van der Waals surface area contributed by atoms with Gasteiger partial charge in [-0.2, -0.15) is 0 Å². The van der Waals surface area contributed by atoms with Crippen LogP contribution < -0.4 is 0 Å². The van der Waals surface area contributed by atoms with Gasteiger partial charge in [0.2, 0.25) is 0 Å². The highest BCUT2D eigenvalue weighted by molar-refractivity contribution is 9.10. The second-order valence-electron chi connectivity index (χ2n) is 7.49. The minimum atomic E-state index is -0.427. The monoisotopic (exact) mass is 380 g/mol. The number of ether oxygens (including phenoxy) is 1. The highest BCUT2D eigenvalue weighted by atomic mass is 79.9. The van der Waals surface area contributed by atoms with Crippen LogP contribution in [0.5, 0.6) is 0 Å². The van der Waals surface area contributed by atoms with Crippen LogP contribution in [0.1, 0.15) is 39.2 Å². The smallest absolute Gasteiger partial charge is 0.410 e. The second-order valence-corrected chi connectivity index (χ2v) is 8.41. The topological polar surface area (TPSA) is 32.8 Å². The highest BCUT2D eigenvalue weighted by Gasteiger charge is 2.50. The molecule has 4 nitrogen and oxygen atoms in total. The number of carbonyl (C=O) groups excluding carboxylic acids is 1. The first-order valence-corrected chi connectivity index (χ1v) is 9.08. The molecule has 1 saturated heterocycles. The van der Waals surface area contributed by atoms with Crippen molar-refractivity contribution in [3.8, 4) is 0 Å². The van der Waals surface area contributed by atoms with Gasteiger partial charge < -0.3 is 9.64 Å². The lowest BCUT2D eigenvalue weighted by Crippen LogP contribution is -2.53. The first kappa shape index (κ1) is 16.8. The molecule has 1 aliphatic heterocycles. The molecule has 1 saturated carbocycles. The highest BCUT2D eigenvalue weighted by Crippen LogP contribution is 2.51. The molecule has 2 aliphatic rings. The van der Waals surface area contributed by atoms with Crippen LogP contribution in [-0.2, 0) is 10.3 Å². The number of halogens is 1. The molecule has 1 amide bonds. The Morgan fingerprint density at radius 2 is 1.65 bits per heavy atom. The zero-order valence-electron chi connectivity index (χ0n) is 14.1. The lowest BCUT2D eigenvalue weighted by molar-refractivity contribution is 0.00815. The van der Waals surface area contributed by atoms with Crippen LogP contribution in [0.15, 0.2) is 28.7 Å². The molecular formula is C18H25BrN2O2. The average Bonchev–Trinajstić information content (AvgIpc) is 3.28. The Kier molecular flexibility index (Phi) is 4.45. The Bertz CT molecular complexity index is 568. The fraction of sp³-hybridized carbons (Fsp3) is 0.611. The van der Waals surface area contributed by atoms with Gasteiger partial charge in [0.05, 0.1) is 0 Å². The van der Waals surface area contributed by atoms with E-state index in [-0.39, 0.29) is 11.6 Å². The lowest BCUT2D eigenvalue weighted by Gasteiger charge is -2.40. The fourth-order valence-corrected chi connectivity index (χ4v) is 3.57. The molecule has 0 unspecified atom stereocenters. The fourth-order valence-electron chi connectivity index (χ4n) is 3.31. The quantitative estimate of drug-likeness (QED) is 0.777. The maximum atomic E-state index is 12.2. The van der Waals surface area contributed by atoms with E-state index in [1.165, 1.54) is 18.4 Å². The van der Waals surface area contributed by atoms with Crippen LogP contribution >= 0.6 is 15.9 Å². The van der Waals surface area contributed by atoms with Crippen molar-refractivity contribution >= 4 is 22.0 Å². The predicted molar refractivity (Wildman–Crippen MR) is 94.4 cm³/mol. The number of hydrogen-bond donors (Lipinski definition) is 0. The van der Waals surface area contributed by atoms with Crippen molar-refractivity contribution in [3.05, 3.63) is 34.3 Å². The Balaban J connectivity index is 1.61. The number of benzene rings is 1.